The van der Waals surface area contributed by atoms with E-state index in [4.69, 9.17) is 16.3 Å². The number of anilines is 1. The largest absolute Gasteiger partial charge is 0.379 e. The molecule has 23 heavy (non-hydrogen) atoms. The Bertz CT molecular complexity index is 491. The smallest absolute Gasteiger partial charge is 0.252 e. The molecule has 0 saturated carbocycles. The van der Waals surface area contributed by atoms with Crippen LogP contribution in [-0.4, -0.2) is 74.9 Å². The molecule has 0 aromatic heterocycles. The van der Waals surface area contributed by atoms with Gasteiger partial charge in [0.2, 0.25) is 6.41 Å². The minimum absolute atomic E-state index is 0.364. The van der Waals surface area contributed by atoms with Crippen molar-refractivity contribution in [2.45, 2.75) is 0 Å². The van der Waals surface area contributed by atoms with Gasteiger partial charge in [0.05, 0.1) is 13.2 Å². The maximum atomic E-state index is 10.7. The lowest BCUT2D eigenvalue weighted by Gasteiger charge is -2.27. The molecule has 0 aliphatic carbocycles. The third-order valence-corrected chi connectivity index (χ3v) is 3.50. The summed E-state index contributed by atoms with van der Waals surface area (Å²) in [7, 11) is 4.22. The number of hydrogen-bond acceptors (Lipinski definition) is 5. The molecule has 1 amide bonds. The number of amides is 1. The van der Waals surface area contributed by atoms with Crippen LogP contribution >= 0.6 is 11.6 Å². The molecule has 128 valence electrons. The summed E-state index contributed by atoms with van der Waals surface area (Å²) < 4.78 is 5.25. The second-order valence-electron chi connectivity index (χ2n) is 5.37. The number of nitrogens with one attached hydrogen (secondary N) is 1. The second-order valence-corrected chi connectivity index (χ2v) is 5.72. The number of benzene rings is 1. The van der Waals surface area contributed by atoms with Gasteiger partial charge in [-0.3, -0.25) is 14.5 Å². The van der Waals surface area contributed by atoms with E-state index < -0.39 is 5.24 Å². The molecule has 1 N–H and O–H groups in total. The minimum atomic E-state index is -0.537. The number of carbonyl (C=O) groups is 2. The van der Waals surface area contributed by atoms with Crippen molar-refractivity contribution in [1.29, 1.82) is 0 Å². The molecule has 1 aliphatic rings. The summed E-state index contributed by atoms with van der Waals surface area (Å²) in [6.07, 6.45) is 0.540. The van der Waals surface area contributed by atoms with Crippen LogP contribution in [0.15, 0.2) is 24.3 Å². The first kappa shape index (κ1) is 19.6. The number of ether oxygens (including phenoxy) is 1. The van der Waals surface area contributed by atoms with Crippen LogP contribution in [0.25, 0.3) is 0 Å². The Morgan fingerprint density at radius 1 is 1.39 bits per heavy atom. The van der Waals surface area contributed by atoms with Gasteiger partial charge < -0.3 is 15.0 Å². The van der Waals surface area contributed by atoms with Crippen LogP contribution in [0.5, 0.6) is 0 Å². The van der Waals surface area contributed by atoms with E-state index >= 15 is 0 Å². The zero-order valence-electron chi connectivity index (χ0n) is 13.6. The van der Waals surface area contributed by atoms with Gasteiger partial charge in [-0.05, 0) is 43.9 Å². The molecular formula is C16H24ClN3O3. The molecule has 0 spiro atoms. The van der Waals surface area contributed by atoms with E-state index in [2.05, 4.69) is 29.2 Å². The maximum absolute atomic E-state index is 10.7. The van der Waals surface area contributed by atoms with Gasteiger partial charge in [-0.25, -0.2) is 0 Å². The van der Waals surface area contributed by atoms with Gasteiger partial charge in [0.15, 0.2) is 0 Å². The summed E-state index contributed by atoms with van der Waals surface area (Å²) in [6, 6.07) is 6.38. The molecule has 1 aliphatic heterocycles. The molecular weight excluding hydrogens is 318 g/mol. The summed E-state index contributed by atoms with van der Waals surface area (Å²) >= 11 is 5.22. The fourth-order valence-electron chi connectivity index (χ4n) is 1.97. The van der Waals surface area contributed by atoms with Crippen LogP contribution in [0, 0.1) is 0 Å². The molecule has 1 saturated heterocycles. The quantitative estimate of drug-likeness (QED) is 0.628. The van der Waals surface area contributed by atoms with Crippen molar-refractivity contribution in [2.75, 3.05) is 58.8 Å². The number of likely N-dealkylation sites (N-methyl/N-ethyl adjacent to an activating group) is 1. The van der Waals surface area contributed by atoms with E-state index in [1.54, 1.807) is 18.2 Å². The van der Waals surface area contributed by atoms with Gasteiger partial charge in [-0.15, -0.1) is 0 Å². The Morgan fingerprint density at radius 2 is 2.09 bits per heavy atom. The second kappa shape index (κ2) is 11.1. The summed E-state index contributed by atoms with van der Waals surface area (Å²) in [4.78, 5) is 25.3. The fraction of sp³-hybridized carbons (Fsp3) is 0.500. The summed E-state index contributed by atoms with van der Waals surface area (Å²) in [6.45, 7) is 6.36. The summed E-state index contributed by atoms with van der Waals surface area (Å²) in [5, 5.41) is 1.87. The van der Waals surface area contributed by atoms with Gasteiger partial charge in [-0.1, -0.05) is 6.07 Å². The molecule has 1 aromatic carbocycles. The number of hydrogen-bond donors (Lipinski definition) is 1. The highest BCUT2D eigenvalue weighted by Crippen LogP contribution is 2.11. The number of halogens is 1. The topological polar surface area (TPSA) is 61.9 Å². The van der Waals surface area contributed by atoms with Gasteiger partial charge in [-0.2, -0.15) is 0 Å². The van der Waals surface area contributed by atoms with Gasteiger partial charge in [0.1, 0.15) is 0 Å². The normalized spacial score (nSPS) is 14.8. The highest BCUT2D eigenvalue weighted by molar-refractivity contribution is 6.67. The lowest BCUT2D eigenvalue weighted by Crippen LogP contribution is -2.40. The number of carbonyl (C=O) groups excluding carboxylic acids is 2. The predicted octanol–water partition coefficient (Wildman–Crippen LogP) is 1.51. The SMILES string of the molecule is CN(C)CCN1CCOCC1.O=CNc1cccc(C(=O)Cl)c1. The summed E-state index contributed by atoms with van der Waals surface area (Å²) in [5.41, 5.74) is 0.917. The Balaban J connectivity index is 0.000000231. The predicted molar refractivity (Wildman–Crippen MR) is 92.1 cm³/mol. The molecule has 1 fully saturated rings. The molecule has 2 rings (SSSR count). The zero-order valence-corrected chi connectivity index (χ0v) is 14.4. The van der Waals surface area contributed by atoms with Gasteiger partial charge >= 0.3 is 0 Å². The first-order valence-corrected chi connectivity index (χ1v) is 7.85. The average molecular weight is 342 g/mol. The molecule has 0 unspecified atom stereocenters. The molecule has 6 nitrogen and oxygen atoms in total. The van der Waals surface area contributed by atoms with Crippen molar-refractivity contribution in [2.24, 2.45) is 0 Å². The highest BCUT2D eigenvalue weighted by Gasteiger charge is 2.09. The van der Waals surface area contributed by atoms with E-state index in [1.165, 1.54) is 12.6 Å². The Hall–Kier alpha value is -1.47. The van der Waals surface area contributed by atoms with Crippen LogP contribution in [0.2, 0.25) is 0 Å². The van der Waals surface area contributed by atoms with Crippen molar-refractivity contribution in [3.05, 3.63) is 29.8 Å². The molecule has 0 bridgehead atoms. The van der Waals surface area contributed by atoms with Crippen LogP contribution in [0.4, 0.5) is 5.69 Å². The van der Waals surface area contributed by atoms with E-state index in [-0.39, 0.29) is 0 Å². The van der Waals surface area contributed by atoms with E-state index in [0.29, 0.717) is 17.7 Å². The standard InChI is InChI=1S/C8H6ClNO2.C8H18N2O/c9-8(12)6-2-1-3-7(4-6)10-5-11;1-9(2)3-4-10-5-7-11-8-6-10/h1-5H,(H,10,11);3-8H2,1-2H3. The van der Waals surface area contributed by atoms with Crippen molar-refractivity contribution < 1.29 is 14.3 Å². The zero-order chi connectivity index (χ0) is 17.1. The van der Waals surface area contributed by atoms with Crippen molar-refractivity contribution in [3.8, 4) is 0 Å². The van der Waals surface area contributed by atoms with Crippen molar-refractivity contribution in [1.82, 2.24) is 9.80 Å². The first-order chi connectivity index (χ1) is 11.0. The lowest BCUT2D eigenvalue weighted by molar-refractivity contribution is -0.105. The van der Waals surface area contributed by atoms with Crippen molar-refractivity contribution in [3.63, 3.8) is 0 Å². The minimum Gasteiger partial charge on any atom is -0.379 e. The molecule has 1 heterocycles. The van der Waals surface area contributed by atoms with E-state index in [9.17, 15) is 9.59 Å². The van der Waals surface area contributed by atoms with E-state index in [1.807, 2.05) is 0 Å². The third kappa shape index (κ3) is 8.66. The number of morpholine rings is 1. The van der Waals surface area contributed by atoms with Crippen LogP contribution in [0.3, 0.4) is 0 Å². The Morgan fingerprint density at radius 3 is 2.65 bits per heavy atom. The third-order valence-electron chi connectivity index (χ3n) is 3.28. The Kier molecular flexibility index (Phi) is 9.47. The molecule has 7 heteroatoms. The Labute approximate surface area is 142 Å². The van der Waals surface area contributed by atoms with Crippen molar-refractivity contribution >= 4 is 28.9 Å². The highest BCUT2D eigenvalue weighted by atomic mass is 35.5. The van der Waals surface area contributed by atoms with Gasteiger partial charge in [0.25, 0.3) is 5.24 Å². The van der Waals surface area contributed by atoms with Crippen LogP contribution in [0.1, 0.15) is 10.4 Å². The lowest BCUT2D eigenvalue weighted by atomic mass is 10.2. The molecule has 0 atom stereocenters. The van der Waals surface area contributed by atoms with E-state index in [0.717, 1.165) is 32.8 Å². The van der Waals surface area contributed by atoms with Gasteiger partial charge in [0, 0.05) is 37.4 Å². The number of nitrogens with zero attached hydrogens (tertiary/aromatic N) is 2. The summed E-state index contributed by atoms with van der Waals surface area (Å²) in [5.74, 6) is 0. The maximum Gasteiger partial charge on any atom is 0.252 e. The average Bonchev–Trinajstić information content (AvgIpc) is 2.55. The monoisotopic (exact) mass is 341 g/mol. The van der Waals surface area contributed by atoms with Crippen LogP contribution in [-0.2, 0) is 9.53 Å². The first-order valence-electron chi connectivity index (χ1n) is 7.48. The number of rotatable bonds is 6. The fourth-order valence-corrected chi connectivity index (χ4v) is 2.08. The molecule has 0 radical (unpaired) electrons. The van der Waals surface area contributed by atoms with Crippen LogP contribution < -0.4 is 5.32 Å². The molecule has 1 aromatic rings.